The molecule has 1 aliphatic heterocycles. The first-order valence-electron chi connectivity index (χ1n) is 4.27. The van der Waals surface area contributed by atoms with Gasteiger partial charge in [-0.1, -0.05) is 23.7 Å². The van der Waals surface area contributed by atoms with Gasteiger partial charge in [0.05, 0.1) is 0 Å². The Morgan fingerprint density at radius 2 is 2.25 bits per heavy atom. The summed E-state index contributed by atoms with van der Waals surface area (Å²) in [6.07, 6.45) is 1.24. The fourth-order valence-electron chi connectivity index (χ4n) is 1.40. The zero-order chi connectivity index (χ0) is 8.55. The third-order valence-electron chi connectivity index (χ3n) is 2.42. The Bertz CT molecular complexity index is 292. The van der Waals surface area contributed by atoms with Crippen LogP contribution in [0.2, 0.25) is 5.02 Å². The van der Waals surface area contributed by atoms with Gasteiger partial charge in [0.25, 0.3) is 0 Å². The second kappa shape index (κ2) is 3.08. The van der Waals surface area contributed by atoms with Gasteiger partial charge < -0.3 is 5.32 Å². The highest BCUT2D eigenvalue weighted by molar-refractivity contribution is 6.31. The van der Waals surface area contributed by atoms with Gasteiger partial charge in [-0.3, -0.25) is 0 Å². The van der Waals surface area contributed by atoms with E-state index in [2.05, 4.69) is 23.5 Å². The predicted molar refractivity (Wildman–Crippen MR) is 51.5 cm³/mol. The third-order valence-corrected chi connectivity index (χ3v) is 2.83. The molecule has 1 saturated heterocycles. The van der Waals surface area contributed by atoms with E-state index in [0.29, 0.717) is 6.04 Å². The second-order valence-corrected chi connectivity index (χ2v) is 3.71. The fraction of sp³-hybridized carbons (Fsp3) is 0.400. The summed E-state index contributed by atoms with van der Waals surface area (Å²) in [7, 11) is 0. The fourth-order valence-corrected chi connectivity index (χ4v) is 1.59. The van der Waals surface area contributed by atoms with Crippen molar-refractivity contribution < 1.29 is 0 Å². The minimum absolute atomic E-state index is 0.545. The van der Waals surface area contributed by atoms with Gasteiger partial charge in [-0.15, -0.1) is 0 Å². The summed E-state index contributed by atoms with van der Waals surface area (Å²) >= 11 is 6.01. The van der Waals surface area contributed by atoms with Gasteiger partial charge in [0.15, 0.2) is 0 Å². The monoisotopic (exact) mass is 181 g/mol. The highest BCUT2D eigenvalue weighted by atomic mass is 35.5. The van der Waals surface area contributed by atoms with Crippen LogP contribution in [-0.2, 0) is 0 Å². The van der Waals surface area contributed by atoms with Crippen LogP contribution in [0.15, 0.2) is 18.2 Å². The van der Waals surface area contributed by atoms with E-state index in [9.17, 15) is 0 Å². The summed E-state index contributed by atoms with van der Waals surface area (Å²) in [6.45, 7) is 3.16. The lowest BCUT2D eigenvalue weighted by Gasteiger charge is -2.28. The maximum atomic E-state index is 6.01. The van der Waals surface area contributed by atoms with Gasteiger partial charge in [-0.25, -0.2) is 0 Å². The van der Waals surface area contributed by atoms with Gasteiger partial charge in [-0.05, 0) is 37.1 Å². The molecule has 0 spiro atoms. The summed E-state index contributed by atoms with van der Waals surface area (Å²) in [6, 6.07) is 6.84. The zero-order valence-corrected chi connectivity index (χ0v) is 7.86. The Hall–Kier alpha value is -0.530. The van der Waals surface area contributed by atoms with Gasteiger partial charge in [-0.2, -0.15) is 0 Å². The first-order valence-corrected chi connectivity index (χ1v) is 4.64. The van der Waals surface area contributed by atoms with Crippen molar-refractivity contribution in [2.75, 3.05) is 6.54 Å². The lowest BCUT2D eigenvalue weighted by Crippen LogP contribution is -2.34. The molecule has 1 N–H and O–H groups in total. The average Bonchev–Trinajstić information content (AvgIpc) is 1.93. The largest absolute Gasteiger partial charge is 0.310 e. The molecule has 64 valence electrons. The number of hydrogen-bond donors (Lipinski definition) is 1. The first kappa shape index (κ1) is 8.09. The van der Waals surface area contributed by atoms with E-state index in [1.807, 2.05) is 6.92 Å². The van der Waals surface area contributed by atoms with Crippen molar-refractivity contribution >= 4 is 11.6 Å². The summed E-state index contributed by atoms with van der Waals surface area (Å²) in [5.41, 5.74) is 2.47. The van der Waals surface area contributed by atoms with Crippen LogP contribution in [-0.4, -0.2) is 6.54 Å². The Morgan fingerprint density at radius 3 is 2.75 bits per heavy atom. The van der Waals surface area contributed by atoms with Crippen molar-refractivity contribution in [1.82, 2.24) is 5.32 Å². The van der Waals surface area contributed by atoms with Crippen LogP contribution in [0.5, 0.6) is 0 Å². The van der Waals surface area contributed by atoms with Crippen LogP contribution >= 0.6 is 11.6 Å². The minimum Gasteiger partial charge on any atom is -0.310 e. The molecule has 1 fully saturated rings. The summed E-state index contributed by atoms with van der Waals surface area (Å²) in [5, 5.41) is 4.23. The molecular weight excluding hydrogens is 170 g/mol. The standard InChI is InChI=1S/C10H12ClN/c1-7-2-3-8(6-9(7)11)10-4-5-12-10/h2-3,6,10,12H,4-5H2,1H3/t10-/m0/s1. The molecule has 2 heteroatoms. The number of benzene rings is 1. The molecule has 2 rings (SSSR count). The number of nitrogens with one attached hydrogen (secondary N) is 1. The van der Waals surface area contributed by atoms with Gasteiger partial charge in [0.2, 0.25) is 0 Å². The first-order chi connectivity index (χ1) is 5.77. The number of aryl methyl sites for hydroxylation is 1. The minimum atomic E-state index is 0.545. The molecule has 0 saturated carbocycles. The molecular formula is C10H12ClN. The van der Waals surface area contributed by atoms with Crippen molar-refractivity contribution in [3.05, 3.63) is 34.3 Å². The molecule has 0 unspecified atom stereocenters. The van der Waals surface area contributed by atoms with Crippen molar-refractivity contribution in [2.24, 2.45) is 0 Å². The highest BCUT2D eigenvalue weighted by Gasteiger charge is 2.18. The summed E-state index contributed by atoms with van der Waals surface area (Å²) in [5.74, 6) is 0. The second-order valence-electron chi connectivity index (χ2n) is 3.30. The van der Waals surface area contributed by atoms with E-state index < -0.39 is 0 Å². The number of halogens is 1. The molecule has 1 heterocycles. The van der Waals surface area contributed by atoms with Crippen LogP contribution < -0.4 is 5.32 Å². The lowest BCUT2D eigenvalue weighted by molar-refractivity contribution is 0.383. The van der Waals surface area contributed by atoms with E-state index in [4.69, 9.17) is 11.6 Å². The molecule has 0 aliphatic carbocycles. The molecule has 1 aromatic carbocycles. The van der Waals surface area contributed by atoms with E-state index in [-0.39, 0.29) is 0 Å². The summed E-state index contributed by atoms with van der Waals surface area (Å²) in [4.78, 5) is 0. The average molecular weight is 182 g/mol. The highest BCUT2D eigenvalue weighted by Crippen LogP contribution is 2.26. The van der Waals surface area contributed by atoms with Crippen molar-refractivity contribution in [1.29, 1.82) is 0 Å². The Labute approximate surface area is 77.7 Å². The normalized spacial score (nSPS) is 22.0. The Kier molecular flexibility index (Phi) is 2.07. The topological polar surface area (TPSA) is 12.0 Å². The van der Waals surface area contributed by atoms with Crippen molar-refractivity contribution in [3.8, 4) is 0 Å². The molecule has 12 heavy (non-hydrogen) atoms. The Balaban J connectivity index is 2.27. The van der Waals surface area contributed by atoms with Crippen LogP contribution in [0.25, 0.3) is 0 Å². The quantitative estimate of drug-likeness (QED) is 0.703. The van der Waals surface area contributed by atoms with Crippen LogP contribution in [0.1, 0.15) is 23.6 Å². The molecule has 0 amide bonds. The van der Waals surface area contributed by atoms with E-state index in [1.165, 1.54) is 12.0 Å². The predicted octanol–water partition coefficient (Wildman–Crippen LogP) is 2.68. The van der Waals surface area contributed by atoms with Crippen LogP contribution in [0.3, 0.4) is 0 Å². The molecule has 1 nitrogen and oxygen atoms in total. The van der Waals surface area contributed by atoms with E-state index in [0.717, 1.165) is 17.1 Å². The molecule has 1 atom stereocenters. The van der Waals surface area contributed by atoms with Gasteiger partial charge in [0, 0.05) is 11.1 Å². The van der Waals surface area contributed by atoms with Crippen LogP contribution in [0.4, 0.5) is 0 Å². The third kappa shape index (κ3) is 1.35. The molecule has 1 aliphatic rings. The zero-order valence-electron chi connectivity index (χ0n) is 7.10. The van der Waals surface area contributed by atoms with Gasteiger partial charge >= 0.3 is 0 Å². The van der Waals surface area contributed by atoms with Crippen molar-refractivity contribution in [3.63, 3.8) is 0 Å². The lowest BCUT2D eigenvalue weighted by atomic mass is 9.97. The maximum Gasteiger partial charge on any atom is 0.0438 e. The summed E-state index contributed by atoms with van der Waals surface area (Å²) < 4.78 is 0. The molecule has 0 aromatic heterocycles. The SMILES string of the molecule is Cc1ccc([C@@H]2CCN2)cc1Cl. The number of rotatable bonds is 1. The molecule has 0 bridgehead atoms. The van der Waals surface area contributed by atoms with E-state index >= 15 is 0 Å². The van der Waals surface area contributed by atoms with E-state index in [1.54, 1.807) is 0 Å². The molecule has 0 radical (unpaired) electrons. The Morgan fingerprint density at radius 1 is 1.50 bits per heavy atom. The number of hydrogen-bond acceptors (Lipinski definition) is 1. The maximum absolute atomic E-state index is 6.01. The molecule has 1 aromatic rings. The van der Waals surface area contributed by atoms with Crippen LogP contribution in [0, 0.1) is 6.92 Å². The van der Waals surface area contributed by atoms with Gasteiger partial charge in [0.1, 0.15) is 0 Å². The smallest absolute Gasteiger partial charge is 0.0438 e. The van der Waals surface area contributed by atoms with Crippen molar-refractivity contribution in [2.45, 2.75) is 19.4 Å².